The summed E-state index contributed by atoms with van der Waals surface area (Å²) in [6.07, 6.45) is 0. The molecule has 104 valence electrons. The van der Waals surface area contributed by atoms with Crippen molar-refractivity contribution in [2.24, 2.45) is 0 Å². The fourth-order valence-electron chi connectivity index (χ4n) is 2.03. The number of benzene rings is 1. The van der Waals surface area contributed by atoms with Crippen molar-refractivity contribution in [1.29, 1.82) is 0 Å². The molecule has 1 aliphatic heterocycles. The lowest BCUT2D eigenvalue weighted by Crippen LogP contribution is -3.14. The number of halogens is 2. The molecule has 1 saturated heterocycles. The molecule has 1 aromatic rings. The summed E-state index contributed by atoms with van der Waals surface area (Å²) in [6, 6.07) is 4.88. The van der Waals surface area contributed by atoms with Gasteiger partial charge in [0, 0.05) is 5.02 Å². The number of hydrogen-bond acceptors (Lipinski definition) is 2. The molecule has 0 spiro atoms. The van der Waals surface area contributed by atoms with Crippen LogP contribution in [0.2, 0.25) is 10.0 Å². The minimum Gasteiger partial charge on any atom is -0.370 e. The minimum absolute atomic E-state index is 0.180. The van der Waals surface area contributed by atoms with Gasteiger partial charge in [-0.2, -0.15) is 0 Å². The molecule has 1 heterocycles. The molecule has 2 rings (SSSR count). The number of nitrogens with one attached hydrogen (secondary N) is 2. The highest BCUT2D eigenvalue weighted by molar-refractivity contribution is 6.35. The van der Waals surface area contributed by atoms with Crippen LogP contribution in [0.3, 0.4) is 0 Å². The third kappa shape index (κ3) is 4.35. The van der Waals surface area contributed by atoms with E-state index >= 15 is 0 Å². The minimum atomic E-state index is -0.180. The van der Waals surface area contributed by atoms with Crippen LogP contribution in [0.1, 0.15) is 10.4 Å². The van der Waals surface area contributed by atoms with Crippen molar-refractivity contribution in [3.8, 4) is 0 Å². The van der Waals surface area contributed by atoms with E-state index in [1.165, 1.54) is 4.90 Å². The predicted molar refractivity (Wildman–Crippen MR) is 75.2 cm³/mol. The summed E-state index contributed by atoms with van der Waals surface area (Å²) in [7, 11) is 0. The van der Waals surface area contributed by atoms with Gasteiger partial charge in [-0.05, 0) is 18.2 Å². The number of carbonyl (C=O) groups excluding carboxylic acids is 1. The van der Waals surface area contributed by atoms with Gasteiger partial charge in [-0.1, -0.05) is 23.2 Å². The Morgan fingerprint density at radius 1 is 1.32 bits per heavy atom. The van der Waals surface area contributed by atoms with Crippen molar-refractivity contribution in [3.63, 3.8) is 0 Å². The molecule has 0 saturated carbocycles. The standard InChI is InChI=1S/C13H16Cl2N2O2/c14-10-1-2-12(15)11(9-10)13(18)16-3-4-17-5-7-19-8-6-17/h1-2,9H,3-8H2,(H,16,18)/p+1. The summed E-state index contributed by atoms with van der Waals surface area (Å²) >= 11 is 11.8. The second kappa shape index (κ2) is 7.10. The summed E-state index contributed by atoms with van der Waals surface area (Å²) < 4.78 is 5.29. The fourth-order valence-corrected chi connectivity index (χ4v) is 2.41. The second-order valence-corrected chi connectivity index (χ2v) is 5.34. The summed E-state index contributed by atoms with van der Waals surface area (Å²) in [5.41, 5.74) is 0.422. The van der Waals surface area contributed by atoms with Gasteiger partial charge in [0.1, 0.15) is 13.1 Å². The highest BCUT2D eigenvalue weighted by Gasteiger charge is 2.15. The molecule has 0 atom stereocenters. The van der Waals surface area contributed by atoms with E-state index in [1.807, 2.05) is 0 Å². The Morgan fingerprint density at radius 3 is 2.79 bits per heavy atom. The van der Waals surface area contributed by atoms with Crippen LogP contribution in [0.4, 0.5) is 0 Å². The van der Waals surface area contributed by atoms with E-state index in [4.69, 9.17) is 27.9 Å². The maximum atomic E-state index is 12.0. The van der Waals surface area contributed by atoms with E-state index in [0.29, 0.717) is 22.2 Å². The molecule has 0 unspecified atom stereocenters. The Balaban J connectivity index is 1.82. The van der Waals surface area contributed by atoms with Crippen LogP contribution >= 0.6 is 23.2 Å². The first kappa shape index (κ1) is 14.6. The summed E-state index contributed by atoms with van der Waals surface area (Å²) in [4.78, 5) is 13.4. The zero-order valence-corrected chi connectivity index (χ0v) is 12.1. The lowest BCUT2D eigenvalue weighted by atomic mass is 10.2. The van der Waals surface area contributed by atoms with Gasteiger partial charge in [-0.25, -0.2) is 0 Å². The largest absolute Gasteiger partial charge is 0.370 e. The van der Waals surface area contributed by atoms with E-state index < -0.39 is 0 Å². The third-order valence-electron chi connectivity index (χ3n) is 3.14. The number of quaternary nitrogens is 1. The summed E-state index contributed by atoms with van der Waals surface area (Å²) in [5, 5.41) is 3.80. The first-order valence-electron chi connectivity index (χ1n) is 6.31. The first-order chi connectivity index (χ1) is 9.16. The molecule has 4 nitrogen and oxygen atoms in total. The lowest BCUT2D eigenvalue weighted by Gasteiger charge is -2.23. The topological polar surface area (TPSA) is 42.8 Å². The second-order valence-electron chi connectivity index (χ2n) is 4.49. The molecule has 0 radical (unpaired) electrons. The molecule has 0 aromatic heterocycles. The quantitative estimate of drug-likeness (QED) is 0.857. The number of ether oxygens (including phenoxy) is 1. The SMILES string of the molecule is O=C(NCC[NH+]1CCOCC1)c1cc(Cl)ccc1Cl. The smallest absolute Gasteiger partial charge is 0.253 e. The van der Waals surface area contributed by atoms with Crippen molar-refractivity contribution in [2.45, 2.75) is 0 Å². The highest BCUT2D eigenvalue weighted by atomic mass is 35.5. The van der Waals surface area contributed by atoms with Crippen LogP contribution in [0, 0.1) is 0 Å². The molecule has 0 aliphatic carbocycles. The lowest BCUT2D eigenvalue weighted by molar-refractivity contribution is -0.906. The van der Waals surface area contributed by atoms with Gasteiger partial charge >= 0.3 is 0 Å². The average Bonchev–Trinajstić information content (AvgIpc) is 2.42. The predicted octanol–water partition coefficient (Wildman–Crippen LogP) is 0.638. The Morgan fingerprint density at radius 2 is 2.05 bits per heavy atom. The number of amides is 1. The van der Waals surface area contributed by atoms with Crippen LogP contribution in [-0.2, 0) is 4.74 Å². The van der Waals surface area contributed by atoms with Gasteiger partial charge in [0.25, 0.3) is 5.91 Å². The molecular weight excluding hydrogens is 287 g/mol. The zero-order valence-electron chi connectivity index (χ0n) is 10.5. The van der Waals surface area contributed by atoms with E-state index in [0.717, 1.165) is 32.8 Å². The molecule has 2 N–H and O–H groups in total. The molecule has 1 amide bonds. The molecular formula is C13H17Cl2N2O2+. The van der Waals surface area contributed by atoms with Crippen molar-refractivity contribution in [3.05, 3.63) is 33.8 Å². The molecule has 1 fully saturated rings. The number of hydrogen-bond donors (Lipinski definition) is 2. The number of morpholine rings is 1. The summed E-state index contributed by atoms with van der Waals surface area (Å²) in [5.74, 6) is -0.180. The van der Waals surface area contributed by atoms with Gasteiger partial charge in [0.15, 0.2) is 0 Å². The van der Waals surface area contributed by atoms with Crippen molar-refractivity contribution >= 4 is 29.1 Å². The van der Waals surface area contributed by atoms with Crippen LogP contribution in [0.5, 0.6) is 0 Å². The maximum absolute atomic E-state index is 12.0. The summed E-state index contributed by atoms with van der Waals surface area (Å²) in [6.45, 7) is 5.10. The van der Waals surface area contributed by atoms with Crippen LogP contribution in [0.15, 0.2) is 18.2 Å². The Kier molecular flexibility index (Phi) is 5.45. The first-order valence-corrected chi connectivity index (χ1v) is 7.07. The molecule has 6 heteroatoms. The molecule has 1 aromatic carbocycles. The molecule has 1 aliphatic rings. The van der Waals surface area contributed by atoms with E-state index in [2.05, 4.69) is 5.32 Å². The maximum Gasteiger partial charge on any atom is 0.253 e. The van der Waals surface area contributed by atoms with Gasteiger partial charge in [-0.15, -0.1) is 0 Å². The van der Waals surface area contributed by atoms with Crippen LogP contribution < -0.4 is 10.2 Å². The van der Waals surface area contributed by atoms with Gasteiger partial charge < -0.3 is 15.0 Å². The normalized spacial score (nSPS) is 16.3. The Labute approximate surface area is 122 Å². The van der Waals surface area contributed by atoms with E-state index in [9.17, 15) is 4.79 Å². The molecule has 0 bridgehead atoms. The third-order valence-corrected chi connectivity index (χ3v) is 3.70. The fraction of sp³-hybridized carbons (Fsp3) is 0.462. The highest BCUT2D eigenvalue weighted by Crippen LogP contribution is 2.20. The van der Waals surface area contributed by atoms with Crippen molar-refractivity contribution in [2.75, 3.05) is 39.4 Å². The van der Waals surface area contributed by atoms with Crippen molar-refractivity contribution < 1.29 is 14.4 Å². The van der Waals surface area contributed by atoms with E-state index in [1.54, 1.807) is 18.2 Å². The van der Waals surface area contributed by atoms with E-state index in [-0.39, 0.29) is 5.91 Å². The van der Waals surface area contributed by atoms with Gasteiger partial charge in [0.2, 0.25) is 0 Å². The van der Waals surface area contributed by atoms with Crippen molar-refractivity contribution in [1.82, 2.24) is 5.32 Å². The van der Waals surface area contributed by atoms with Crippen LogP contribution in [-0.4, -0.2) is 45.3 Å². The monoisotopic (exact) mass is 303 g/mol. The van der Waals surface area contributed by atoms with Crippen LogP contribution in [0.25, 0.3) is 0 Å². The van der Waals surface area contributed by atoms with Gasteiger partial charge in [-0.3, -0.25) is 4.79 Å². The number of rotatable bonds is 4. The number of carbonyl (C=O) groups is 1. The zero-order chi connectivity index (χ0) is 13.7. The Hall–Kier alpha value is -0.810. The average molecular weight is 304 g/mol. The Bertz CT molecular complexity index is 448. The molecule has 19 heavy (non-hydrogen) atoms. The van der Waals surface area contributed by atoms with Gasteiger partial charge in [0.05, 0.1) is 36.9 Å².